The zero-order chi connectivity index (χ0) is 17.6. The van der Waals surface area contributed by atoms with Crippen molar-refractivity contribution < 1.29 is 19.4 Å². The Morgan fingerprint density at radius 1 is 1.44 bits per heavy atom. The van der Waals surface area contributed by atoms with Crippen LogP contribution in [0.3, 0.4) is 0 Å². The molecule has 1 saturated heterocycles. The molecule has 1 fully saturated rings. The predicted molar refractivity (Wildman–Crippen MR) is 92.1 cm³/mol. The highest BCUT2D eigenvalue weighted by atomic mass is 16.5. The van der Waals surface area contributed by atoms with Gasteiger partial charge in [-0.1, -0.05) is 12.1 Å². The van der Waals surface area contributed by atoms with Crippen molar-refractivity contribution in [2.45, 2.75) is 42.9 Å². The van der Waals surface area contributed by atoms with Gasteiger partial charge in [0, 0.05) is 22.9 Å². The van der Waals surface area contributed by atoms with Crippen LogP contribution in [0.2, 0.25) is 0 Å². The van der Waals surface area contributed by atoms with E-state index in [1.807, 2.05) is 6.07 Å². The van der Waals surface area contributed by atoms with Crippen LogP contribution in [0, 0.1) is 5.92 Å². The molecule has 2 aliphatic heterocycles. The van der Waals surface area contributed by atoms with Crippen LogP contribution in [0.15, 0.2) is 24.3 Å². The lowest BCUT2D eigenvalue weighted by Gasteiger charge is -2.58. The SMILES string of the molecule is COc1ccc2c3c1OC1[C@]34CCN(C)C(C2)C4C=C[C@@]1(O)C(C)=O. The molecule has 5 heteroatoms. The summed E-state index contributed by atoms with van der Waals surface area (Å²) in [5.74, 6) is 1.37. The van der Waals surface area contributed by atoms with Crippen LogP contribution in [-0.4, -0.2) is 54.2 Å². The summed E-state index contributed by atoms with van der Waals surface area (Å²) in [7, 11) is 3.80. The quantitative estimate of drug-likeness (QED) is 0.826. The first-order valence-electron chi connectivity index (χ1n) is 8.93. The number of aliphatic hydroxyl groups is 1. The number of nitrogens with zero attached hydrogens (tertiary/aromatic N) is 1. The van der Waals surface area contributed by atoms with Crippen LogP contribution in [0.25, 0.3) is 0 Å². The van der Waals surface area contributed by atoms with Crippen molar-refractivity contribution in [1.29, 1.82) is 0 Å². The van der Waals surface area contributed by atoms with E-state index < -0.39 is 11.7 Å². The molecule has 25 heavy (non-hydrogen) atoms. The second-order valence-corrected chi connectivity index (χ2v) is 7.94. The second-order valence-electron chi connectivity index (χ2n) is 7.94. The largest absolute Gasteiger partial charge is 0.493 e. The number of hydrogen-bond donors (Lipinski definition) is 1. The van der Waals surface area contributed by atoms with Gasteiger partial charge in [-0.05, 0) is 51.1 Å². The van der Waals surface area contributed by atoms with Crippen LogP contribution < -0.4 is 9.47 Å². The van der Waals surface area contributed by atoms with Gasteiger partial charge in [0.2, 0.25) is 0 Å². The number of carbonyl (C=O) groups excluding carboxylic acids is 1. The molecule has 0 saturated carbocycles. The molecule has 132 valence electrons. The fraction of sp³-hybridized carbons (Fsp3) is 0.550. The van der Waals surface area contributed by atoms with Crippen LogP contribution in [0.5, 0.6) is 11.5 Å². The number of hydrogen-bond acceptors (Lipinski definition) is 5. The molecule has 0 amide bonds. The Hall–Kier alpha value is -1.85. The lowest BCUT2D eigenvalue weighted by atomic mass is 9.51. The maximum absolute atomic E-state index is 12.4. The summed E-state index contributed by atoms with van der Waals surface area (Å²) in [4.78, 5) is 14.8. The van der Waals surface area contributed by atoms with Crippen molar-refractivity contribution in [3.8, 4) is 11.5 Å². The van der Waals surface area contributed by atoms with E-state index in [0.29, 0.717) is 11.8 Å². The van der Waals surface area contributed by atoms with Crippen molar-refractivity contribution in [3.05, 3.63) is 35.4 Å². The molecule has 3 unspecified atom stereocenters. The van der Waals surface area contributed by atoms with Gasteiger partial charge < -0.3 is 19.5 Å². The van der Waals surface area contributed by atoms with Gasteiger partial charge in [0.1, 0.15) is 6.10 Å². The molecule has 1 aromatic carbocycles. The van der Waals surface area contributed by atoms with Gasteiger partial charge in [-0.2, -0.15) is 0 Å². The molecular formula is C20H23NO4. The first-order valence-corrected chi connectivity index (χ1v) is 8.93. The van der Waals surface area contributed by atoms with Crippen LogP contribution >= 0.6 is 0 Å². The van der Waals surface area contributed by atoms with E-state index in [-0.39, 0.29) is 17.1 Å². The van der Waals surface area contributed by atoms with Crippen LogP contribution in [-0.2, 0) is 16.6 Å². The number of methoxy groups -OCH3 is 1. The summed E-state index contributed by atoms with van der Waals surface area (Å²) in [6.07, 6.45) is 4.97. The summed E-state index contributed by atoms with van der Waals surface area (Å²) < 4.78 is 11.9. The van der Waals surface area contributed by atoms with Gasteiger partial charge in [-0.3, -0.25) is 4.79 Å². The summed E-state index contributed by atoms with van der Waals surface area (Å²) >= 11 is 0. The Kier molecular flexibility index (Phi) is 2.87. The van der Waals surface area contributed by atoms with E-state index >= 15 is 0 Å². The molecule has 2 heterocycles. The lowest BCUT2D eigenvalue weighted by molar-refractivity contribution is -0.148. The number of ketones is 1. The van der Waals surface area contributed by atoms with E-state index in [0.717, 1.165) is 30.7 Å². The van der Waals surface area contributed by atoms with E-state index in [1.165, 1.54) is 12.5 Å². The summed E-state index contributed by atoms with van der Waals surface area (Å²) in [5.41, 5.74) is 0.474. The van der Waals surface area contributed by atoms with E-state index in [1.54, 1.807) is 13.2 Å². The Labute approximate surface area is 147 Å². The van der Waals surface area contributed by atoms with Crippen LogP contribution in [0.4, 0.5) is 0 Å². The number of ether oxygens (including phenoxy) is 2. The standard InChI is InChI=1S/C20H23NO4/c1-11(22)20(23)7-6-13-14-10-12-4-5-15(24-3)17-16(12)19(13,18(20)25-17)8-9-21(14)2/h4-7,13-14,18,23H,8-10H2,1-3H3/t13?,14?,18?,19-,20+/m0/s1. The molecular weight excluding hydrogens is 318 g/mol. The number of likely N-dealkylation sites (tertiary alicyclic amines) is 1. The summed E-state index contributed by atoms with van der Waals surface area (Å²) in [5, 5.41) is 11.2. The van der Waals surface area contributed by atoms with Gasteiger partial charge in [0.05, 0.1) is 7.11 Å². The number of piperidine rings is 1. The topological polar surface area (TPSA) is 59.0 Å². The van der Waals surface area contributed by atoms with Crippen molar-refractivity contribution in [1.82, 2.24) is 4.90 Å². The lowest BCUT2D eigenvalue weighted by Crippen LogP contribution is -2.69. The average Bonchev–Trinajstić information content (AvgIpc) is 2.95. The minimum absolute atomic E-state index is 0.233. The Morgan fingerprint density at radius 2 is 2.24 bits per heavy atom. The smallest absolute Gasteiger partial charge is 0.178 e. The molecule has 2 aliphatic carbocycles. The molecule has 1 aromatic rings. The molecule has 5 rings (SSSR count). The minimum Gasteiger partial charge on any atom is -0.493 e. The number of carbonyl (C=O) groups is 1. The molecule has 4 aliphatic rings. The maximum Gasteiger partial charge on any atom is 0.178 e. The fourth-order valence-electron chi connectivity index (χ4n) is 5.76. The third-order valence-corrected chi connectivity index (χ3v) is 7.00. The van der Waals surface area contributed by atoms with E-state index in [4.69, 9.17) is 9.47 Å². The molecule has 0 aromatic heterocycles. The Bertz CT molecular complexity index is 818. The first kappa shape index (κ1) is 15.4. The Morgan fingerprint density at radius 3 is 2.96 bits per heavy atom. The van der Waals surface area contributed by atoms with Gasteiger partial charge in [0.25, 0.3) is 0 Å². The summed E-state index contributed by atoms with van der Waals surface area (Å²) in [6.45, 7) is 2.37. The normalized spacial score (nSPS) is 40.4. The highest BCUT2D eigenvalue weighted by molar-refractivity contribution is 5.89. The first-order chi connectivity index (χ1) is 11.9. The molecule has 1 spiro atoms. The number of likely N-dealkylation sites (N-methyl/N-ethyl adjacent to an activating group) is 1. The van der Waals surface area contributed by atoms with Crippen molar-refractivity contribution >= 4 is 5.78 Å². The van der Waals surface area contributed by atoms with Gasteiger partial charge in [-0.15, -0.1) is 0 Å². The second kappa shape index (κ2) is 4.65. The molecule has 5 nitrogen and oxygen atoms in total. The monoisotopic (exact) mass is 341 g/mol. The molecule has 5 atom stereocenters. The average molecular weight is 341 g/mol. The highest BCUT2D eigenvalue weighted by Crippen LogP contribution is 2.63. The van der Waals surface area contributed by atoms with E-state index in [9.17, 15) is 9.90 Å². The van der Waals surface area contributed by atoms with Crippen molar-refractivity contribution in [3.63, 3.8) is 0 Å². The zero-order valence-electron chi connectivity index (χ0n) is 14.8. The molecule has 0 radical (unpaired) electrons. The third kappa shape index (κ3) is 1.59. The van der Waals surface area contributed by atoms with E-state index in [2.05, 4.69) is 24.1 Å². The number of Topliss-reactive ketones (excluding diaryl/α,β-unsaturated/α-hetero) is 1. The Balaban J connectivity index is 1.83. The molecule has 2 bridgehead atoms. The fourth-order valence-corrected chi connectivity index (χ4v) is 5.76. The van der Waals surface area contributed by atoms with Crippen molar-refractivity contribution in [2.24, 2.45) is 5.92 Å². The molecule has 1 N–H and O–H groups in total. The number of rotatable bonds is 2. The van der Waals surface area contributed by atoms with Gasteiger partial charge in [0.15, 0.2) is 22.9 Å². The highest BCUT2D eigenvalue weighted by Gasteiger charge is 2.68. The number of benzene rings is 1. The summed E-state index contributed by atoms with van der Waals surface area (Å²) in [6, 6.07) is 4.43. The predicted octanol–water partition coefficient (Wildman–Crippen LogP) is 1.46. The van der Waals surface area contributed by atoms with Gasteiger partial charge in [-0.25, -0.2) is 0 Å². The van der Waals surface area contributed by atoms with Crippen molar-refractivity contribution in [2.75, 3.05) is 20.7 Å². The zero-order valence-corrected chi connectivity index (χ0v) is 14.8. The minimum atomic E-state index is -1.59. The third-order valence-electron chi connectivity index (χ3n) is 7.00. The maximum atomic E-state index is 12.4. The van der Waals surface area contributed by atoms with Crippen LogP contribution in [0.1, 0.15) is 24.5 Å². The van der Waals surface area contributed by atoms with Gasteiger partial charge >= 0.3 is 0 Å².